The van der Waals surface area contributed by atoms with Gasteiger partial charge in [0, 0.05) is 38.1 Å². The van der Waals surface area contributed by atoms with Gasteiger partial charge in [-0.25, -0.2) is 9.97 Å². The highest BCUT2D eigenvalue weighted by Crippen LogP contribution is 1.99. The number of morpholine rings is 1. The lowest BCUT2D eigenvalue weighted by Crippen LogP contribution is -2.39. The molecule has 2 heterocycles. The molecule has 1 aliphatic heterocycles. The van der Waals surface area contributed by atoms with Crippen LogP contribution in [0, 0.1) is 6.92 Å². The molecule has 2 rings (SSSR count). The number of hydrogen-bond donors (Lipinski definition) is 1. The molecule has 0 unspecified atom stereocenters. The Morgan fingerprint density at radius 1 is 1.44 bits per heavy atom. The third-order valence-electron chi connectivity index (χ3n) is 2.61. The monoisotopic (exact) mass is 222 g/mol. The van der Waals surface area contributed by atoms with Crippen LogP contribution in [0.3, 0.4) is 0 Å². The molecular weight excluding hydrogens is 204 g/mol. The zero-order valence-electron chi connectivity index (χ0n) is 9.65. The van der Waals surface area contributed by atoms with Crippen LogP contribution in [0.4, 0.5) is 5.95 Å². The van der Waals surface area contributed by atoms with E-state index < -0.39 is 0 Å². The van der Waals surface area contributed by atoms with Crippen LogP contribution in [0.15, 0.2) is 12.3 Å². The normalized spacial score (nSPS) is 17.3. The molecule has 5 nitrogen and oxygen atoms in total. The summed E-state index contributed by atoms with van der Waals surface area (Å²) in [6.45, 7) is 7.60. The summed E-state index contributed by atoms with van der Waals surface area (Å²) in [4.78, 5) is 10.8. The number of nitrogens with zero attached hydrogens (tertiary/aromatic N) is 3. The zero-order chi connectivity index (χ0) is 11.2. The van der Waals surface area contributed by atoms with Crippen molar-refractivity contribution in [3.8, 4) is 0 Å². The lowest BCUT2D eigenvalue weighted by molar-refractivity contribution is 0.0398. The maximum absolute atomic E-state index is 5.29. The van der Waals surface area contributed by atoms with Gasteiger partial charge in [0.05, 0.1) is 13.2 Å². The van der Waals surface area contributed by atoms with E-state index in [1.807, 2.05) is 13.0 Å². The molecule has 16 heavy (non-hydrogen) atoms. The van der Waals surface area contributed by atoms with Crippen LogP contribution in [0.25, 0.3) is 0 Å². The second kappa shape index (κ2) is 5.77. The van der Waals surface area contributed by atoms with Crippen molar-refractivity contribution in [1.82, 2.24) is 14.9 Å². The van der Waals surface area contributed by atoms with Gasteiger partial charge in [-0.15, -0.1) is 0 Å². The summed E-state index contributed by atoms with van der Waals surface area (Å²) >= 11 is 0. The number of aryl methyl sites for hydroxylation is 1. The number of nitrogens with one attached hydrogen (secondary N) is 1. The average molecular weight is 222 g/mol. The third-order valence-corrected chi connectivity index (χ3v) is 2.61. The molecule has 1 fully saturated rings. The van der Waals surface area contributed by atoms with Gasteiger partial charge in [0.15, 0.2) is 0 Å². The van der Waals surface area contributed by atoms with Gasteiger partial charge in [0.2, 0.25) is 5.95 Å². The van der Waals surface area contributed by atoms with Crippen LogP contribution >= 0.6 is 0 Å². The number of anilines is 1. The van der Waals surface area contributed by atoms with Gasteiger partial charge >= 0.3 is 0 Å². The van der Waals surface area contributed by atoms with Gasteiger partial charge in [-0.05, 0) is 13.0 Å². The van der Waals surface area contributed by atoms with E-state index in [1.54, 1.807) is 6.20 Å². The van der Waals surface area contributed by atoms with Gasteiger partial charge in [-0.3, -0.25) is 4.90 Å². The summed E-state index contributed by atoms with van der Waals surface area (Å²) in [5, 5.41) is 3.23. The summed E-state index contributed by atoms with van der Waals surface area (Å²) in [7, 11) is 0. The van der Waals surface area contributed by atoms with Crippen LogP contribution in [-0.2, 0) is 4.74 Å². The average Bonchev–Trinajstić information content (AvgIpc) is 2.30. The molecule has 0 amide bonds. The maximum atomic E-state index is 5.29. The van der Waals surface area contributed by atoms with Gasteiger partial charge in [-0.2, -0.15) is 0 Å². The largest absolute Gasteiger partial charge is 0.379 e. The first kappa shape index (κ1) is 11.3. The lowest BCUT2D eigenvalue weighted by Gasteiger charge is -2.26. The quantitative estimate of drug-likeness (QED) is 0.805. The number of hydrogen-bond acceptors (Lipinski definition) is 5. The molecule has 1 aromatic heterocycles. The Bertz CT molecular complexity index is 326. The van der Waals surface area contributed by atoms with E-state index in [-0.39, 0.29) is 0 Å². The van der Waals surface area contributed by atoms with Gasteiger partial charge in [-0.1, -0.05) is 0 Å². The van der Waals surface area contributed by atoms with Crippen molar-refractivity contribution in [2.75, 3.05) is 44.7 Å². The fraction of sp³-hybridized carbons (Fsp3) is 0.636. The van der Waals surface area contributed by atoms with Crippen molar-refractivity contribution in [2.45, 2.75) is 6.92 Å². The minimum absolute atomic E-state index is 0.716. The van der Waals surface area contributed by atoms with E-state index in [0.29, 0.717) is 5.95 Å². The Morgan fingerprint density at radius 2 is 2.25 bits per heavy atom. The van der Waals surface area contributed by atoms with Crippen molar-refractivity contribution in [1.29, 1.82) is 0 Å². The molecule has 88 valence electrons. The molecule has 0 atom stereocenters. The van der Waals surface area contributed by atoms with Crippen molar-refractivity contribution in [2.24, 2.45) is 0 Å². The van der Waals surface area contributed by atoms with E-state index >= 15 is 0 Å². The highest BCUT2D eigenvalue weighted by molar-refractivity contribution is 5.24. The highest BCUT2D eigenvalue weighted by Gasteiger charge is 2.09. The Morgan fingerprint density at radius 3 is 3.00 bits per heavy atom. The smallest absolute Gasteiger partial charge is 0.222 e. The van der Waals surface area contributed by atoms with Crippen molar-refractivity contribution in [3.05, 3.63) is 18.0 Å². The molecule has 1 aliphatic rings. The molecular formula is C11H18N4O. The fourth-order valence-electron chi connectivity index (χ4n) is 1.68. The molecule has 0 aromatic carbocycles. The van der Waals surface area contributed by atoms with E-state index in [2.05, 4.69) is 20.2 Å². The molecule has 0 bridgehead atoms. The summed E-state index contributed by atoms with van der Waals surface area (Å²) in [6, 6.07) is 1.90. The molecule has 0 aliphatic carbocycles. The lowest BCUT2D eigenvalue weighted by atomic mass is 10.4. The van der Waals surface area contributed by atoms with Crippen LogP contribution in [0.2, 0.25) is 0 Å². The fourth-order valence-corrected chi connectivity index (χ4v) is 1.68. The van der Waals surface area contributed by atoms with E-state index in [0.717, 1.165) is 45.1 Å². The molecule has 0 radical (unpaired) electrons. The topological polar surface area (TPSA) is 50.3 Å². The van der Waals surface area contributed by atoms with Crippen LogP contribution < -0.4 is 5.32 Å². The van der Waals surface area contributed by atoms with Crippen LogP contribution in [-0.4, -0.2) is 54.3 Å². The first-order valence-electron chi connectivity index (χ1n) is 5.68. The van der Waals surface area contributed by atoms with Crippen molar-refractivity contribution < 1.29 is 4.74 Å². The first-order valence-corrected chi connectivity index (χ1v) is 5.68. The Hall–Kier alpha value is -1.20. The van der Waals surface area contributed by atoms with Gasteiger partial charge < -0.3 is 10.1 Å². The Labute approximate surface area is 95.8 Å². The SMILES string of the molecule is Cc1ccnc(NCCN2CCOCC2)n1. The summed E-state index contributed by atoms with van der Waals surface area (Å²) in [6.07, 6.45) is 1.78. The Balaban J connectivity index is 1.71. The maximum Gasteiger partial charge on any atom is 0.222 e. The molecule has 1 saturated heterocycles. The molecule has 5 heteroatoms. The molecule has 1 aromatic rings. The van der Waals surface area contributed by atoms with Crippen molar-refractivity contribution >= 4 is 5.95 Å². The number of rotatable bonds is 4. The minimum Gasteiger partial charge on any atom is -0.379 e. The van der Waals surface area contributed by atoms with Crippen LogP contribution in [0.1, 0.15) is 5.69 Å². The van der Waals surface area contributed by atoms with Crippen LogP contribution in [0.5, 0.6) is 0 Å². The van der Waals surface area contributed by atoms with E-state index in [4.69, 9.17) is 4.74 Å². The number of ether oxygens (including phenoxy) is 1. The molecule has 0 spiro atoms. The molecule has 1 N–H and O–H groups in total. The van der Waals surface area contributed by atoms with Crippen molar-refractivity contribution in [3.63, 3.8) is 0 Å². The predicted molar refractivity (Wildman–Crippen MR) is 62.5 cm³/mol. The Kier molecular flexibility index (Phi) is 4.07. The number of aromatic nitrogens is 2. The van der Waals surface area contributed by atoms with Gasteiger partial charge in [0.1, 0.15) is 0 Å². The van der Waals surface area contributed by atoms with E-state index in [9.17, 15) is 0 Å². The second-order valence-corrected chi connectivity index (χ2v) is 3.90. The second-order valence-electron chi connectivity index (χ2n) is 3.90. The first-order chi connectivity index (χ1) is 7.84. The highest BCUT2D eigenvalue weighted by atomic mass is 16.5. The molecule has 0 saturated carbocycles. The summed E-state index contributed by atoms with van der Waals surface area (Å²) in [5.41, 5.74) is 0.990. The standard InChI is InChI=1S/C11H18N4O/c1-10-2-3-12-11(14-10)13-4-5-15-6-8-16-9-7-15/h2-3H,4-9H2,1H3,(H,12,13,14). The summed E-state index contributed by atoms with van der Waals surface area (Å²) in [5.74, 6) is 0.716. The minimum atomic E-state index is 0.716. The third kappa shape index (κ3) is 3.43. The predicted octanol–water partition coefficient (Wildman–Crippen LogP) is 0.529. The summed E-state index contributed by atoms with van der Waals surface area (Å²) < 4.78 is 5.29. The van der Waals surface area contributed by atoms with Gasteiger partial charge in [0.25, 0.3) is 0 Å². The van der Waals surface area contributed by atoms with E-state index in [1.165, 1.54) is 0 Å². The zero-order valence-corrected chi connectivity index (χ0v) is 9.65.